The van der Waals surface area contributed by atoms with E-state index in [4.69, 9.17) is 9.47 Å². The van der Waals surface area contributed by atoms with Crippen LogP contribution in [0.25, 0.3) is 5.70 Å². The van der Waals surface area contributed by atoms with Crippen LogP contribution in [0.1, 0.15) is 48.3 Å². The molecule has 6 rings (SSSR count). The second-order valence-electron chi connectivity index (χ2n) is 8.63. The van der Waals surface area contributed by atoms with Crippen LogP contribution in [0.3, 0.4) is 0 Å². The summed E-state index contributed by atoms with van der Waals surface area (Å²) in [6.07, 6.45) is 6.33. The van der Waals surface area contributed by atoms with E-state index < -0.39 is 0 Å². The second kappa shape index (κ2) is 7.26. The van der Waals surface area contributed by atoms with Crippen molar-refractivity contribution in [1.29, 1.82) is 0 Å². The zero-order chi connectivity index (χ0) is 20.9. The Bertz CT molecular complexity index is 1130. The van der Waals surface area contributed by atoms with E-state index in [0.717, 1.165) is 71.8 Å². The first-order valence-electron chi connectivity index (χ1n) is 11.1. The monoisotopic (exact) mass is 417 g/mol. The lowest BCUT2D eigenvalue weighted by Crippen LogP contribution is -2.36. The number of benzene rings is 2. The largest absolute Gasteiger partial charge is 0.490 e. The molecule has 1 aliphatic carbocycles. The number of Topliss-reactive ketones (excluding diaryl/α,β-unsaturated/α-hetero) is 1. The molecule has 3 aliphatic heterocycles. The topological polar surface area (TPSA) is 38.8 Å². The number of nitrogens with zero attached hydrogens (tertiary/aromatic N) is 1. The van der Waals surface area contributed by atoms with Gasteiger partial charge in [0.1, 0.15) is 5.82 Å². The van der Waals surface area contributed by atoms with E-state index in [1.165, 1.54) is 17.7 Å². The molecule has 0 fully saturated rings. The number of hydrogen-bond acceptors (Lipinski definition) is 4. The van der Waals surface area contributed by atoms with Crippen LogP contribution in [0, 0.1) is 5.82 Å². The Morgan fingerprint density at radius 1 is 0.935 bits per heavy atom. The number of ether oxygens (including phenoxy) is 2. The zero-order valence-corrected chi connectivity index (χ0v) is 17.3. The van der Waals surface area contributed by atoms with Gasteiger partial charge in [0, 0.05) is 47.8 Å². The van der Waals surface area contributed by atoms with E-state index in [0.29, 0.717) is 19.6 Å². The van der Waals surface area contributed by atoms with Gasteiger partial charge in [-0.15, -0.1) is 0 Å². The SMILES string of the molecule is O=C1CCCC2=C1C(c1ccc(F)cc1)C=C1c3cc4c(cc3CCN12)OCCCO4. The van der Waals surface area contributed by atoms with Gasteiger partial charge in [0.05, 0.1) is 13.2 Å². The molecule has 0 saturated heterocycles. The van der Waals surface area contributed by atoms with Crippen LogP contribution < -0.4 is 9.47 Å². The van der Waals surface area contributed by atoms with Crippen molar-refractivity contribution >= 4 is 11.5 Å². The number of rotatable bonds is 1. The summed E-state index contributed by atoms with van der Waals surface area (Å²) in [6, 6.07) is 10.8. The fourth-order valence-electron chi connectivity index (χ4n) is 5.31. The number of allylic oxidation sites excluding steroid dienone is 3. The first-order valence-corrected chi connectivity index (χ1v) is 11.1. The Hall–Kier alpha value is -3.08. The maximum absolute atomic E-state index is 13.6. The Balaban J connectivity index is 1.51. The van der Waals surface area contributed by atoms with Gasteiger partial charge in [-0.05, 0) is 60.7 Å². The average molecular weight is 417 g/mol. The van der Waals surface area contributed by atoms with Gasteiger partial charge >= 0.3 is 0 Å². The van der Waals surface area contributed by atoms with Crippen molar-refractivity contribution in [3.8, 4) is 11.5 Å². The summed E-state index contributed by atoms with van der Waals surface area (Å²) >= 11 is 0. The van der Waals surface area contributed by atoms with Crippen LogP contribution in [0.2, 0.25) is 0 Å². The van der Waals surface area contributed by atoms with Crippen LogP contribution in [-0.4, -0.2) is 30.4 Å². The predicted molar refractivity (Wildman–Crippen MR) is 115 cm³/mol. The summed E-state index contributed by atoms with van der Waals surface area (Å²) in [7, 11) is 0. The number of carbonyl (C=O) groups is 1. The van der Waals surface area contributed by atoms with Crippen molar-refractivity contribution in [2.75, 3.05) is 19.8 Å². The molecule has 0 saturated carbocycles. The molecule has 5 heteroatoms. The molecule has 158 valence electrons. The first kappa shape index (κ1) is 18.7. The van der Waals surface area contributed by atoms with Crippen LogP contribution in [0.5, 0.6) is 11.5 Å². The highest BCUT2D eigenvalue weighted by Crippen LogP contribution is 2.48. The molecule has 0 spiro atoms. The maximum atomic E-state index is 13.6. The lowest BCUT2D eigenvalue weighted by atomic mass is 9.77. The highest BCUT2D eigenvalue weighted by Gasteiger charge is 2.38. The van der Waals surface area contributed by atoms with Crippen LogP contribution in [0.4, 0.5) is 4.39 Å². The normalized spacial score (nSPS) is 22.2. The van der Waals surface area contributed by atoms with Crippen molar-refractivity contribution in [2.45, 2.75) is 38.0 Å². The summed E-state index contributed by atoms with van der Waals surface area (Å²) in [5.41, 5.74) is 6.50. The van der Waals surface area contributed by atoms with E-state index in [1.54, 1.807) is 12.1 Å². The Morgan fingerprint density at radius 3 is 2.52 bits per heavy atom. The third-order valence-electron chi connectivity index (χ3n) is 6.76. The highest BCUT2D eigenvalue weighted by molar-refractivity contribution is 6.00. The molecule has 4 aliphatic rings. The molecule has 0 bridgehead atoms. The smallest absolute Gasteiger partial charge is 0.161 e. The van der Waals surface area contributed by atoms with E-state index >= 15 is 0 Å². The summed E-state index contributed by atoms with van der Waals surface area (Å²) < 4.78 is 25.5. The number of fused-ring (bicyclic) bond motifs is 5. The Labute approximate surface area is 181 Å². The minimum Gasteiger partial charge on any atom is -0.490 e. The summed E-state index contributed by atoms with van der Waals surface area (Å²) in [4.78, 5) is 15.3. The molecule has 1 atom stereocenters. The lowest BCUT2D eigenvalue weighted by Gasteiger charge is -2.42. The molecule has 2 aromatic carbocycles. The number of ketones is 1. The van der Waals surface area contributed by atoms with Gasteiger partial charge in [0.25, 0.3) is 0 Å². The molecular formula is C26H24FNO3. The number of hydrogen-bond donors (Lipinski definition) is 0. The van der Waals surface area contributed by atoms with Crippen molar-refractivity contribution in [1.82, 2.24) is 4.90 Å². The molecule has 4 nitrogen and oxygen atoms in total. The van der Waals surface area contributed by atoms with Gasteiger partial charge in [-0.3, -0.25) is 4.79 Å². The molecule has 0 aromatic heterocycles. The van der Waals surface area contributed by atoms with Gasteiger partial charge in [-0.25, -0.2) is 4.39 Å². The van der Waals surface area contributed by atoms with Gasteiger partial charge in [-0.2, -0.15) is 0 Å². The average Bonchev–Trinajstić information content (AvgIpc) is 3.02. The predicted octanol–water partition coefficient (Wildman–Crippen LogP) is 4.99. The Morgan fingerprint density at radius 2 is 1.71 bits per heavy atom. The van der Waals surface area contributed by atoms with Crippen LogP contribution >= 0.6 is 0 Å². The van der Waals surface area contributed by atoms with Crippen LogP contribution in [-0.2, 0) is 11.2 Å². The summed E-state index contributed by atoms with van der Waals surface area (Å²) in [6.45, 7) is 2.17. The number of halogens is 1. The van der Waals surface area contributed by atoms with E-state index in [2.05, 4.69) is 23.1 Å². The lowest BCUT2D eigenvalue weighted by molar-refractivity contribution is -0.116. The zero-order valence-electron chi connectivity index (χ0n) is 17.3. The fourth-order valence-corrected chi connectivity index (χ4v) is 5.31. The number of carbonyl (C=O) groups excluding carboxylic acids is 1. The van der Waals surface area contributed by atoms with E-state index in [-0.39, 0.29) is 17.5 Å². The fraction of sp³-hybridized carbons (Fsp3) is 0.346. The highest BCUT2D eigenvalue weighted by atomic mass is 19.1. The molecule has 3 heterocycles. The van der Waals surface area contributed by atoms with Gasteiger partial charge in [-0.1, -0.05) is 12.1 Å². The van der Waals surface area contributed by atoms with Gasteiger partial charge in [0.2, 0.25) is 0 Å². The molecule has 31 heavy (non-hydrogen) atoms. The molecule has 2 aromatic rings. The third kappa shape index (κ3) is 3.06. The third-order valence-corrected chi connectivity index (χ3v) is 6.76. The maximum Gasteiger partial charge on any atom is 0.161 e. The summed E-state index contributed by atoms with van der Waals surface area (Å²) in [5, 5.41) is 0. The van der Waals surface area contributed by atoms with Crippen LogP contribution in [0.15, 0.2) is 53.7 Å². The van der Waals surface area contributed by atoms with E-state index in [9.17, 15) is 9.18 Å². The second-order valence-corrected chi connectivity index (χ2v) is 8.63. The minimum absolute atomic E-state index is 0.156. The summed E-state index contributed by atoms with van der Waals surface area (Å²) in [5.74, 6) is 1.41. The standard InChI is InChI=1S/C26H24FNO3/c27-18-7-5-16(6-8-18)20-14-22-19-15-25-24(30-11-2-12-31-25)13-17(19)9-10-28(22)21-3-1-4-23(29)26(20)21/h5-8,13-15,20H,1-4,9-12H2. The van der Waals surface area contributed by atoms with E-state index in [1.807, 2.05) is 0 Å². The van der Waals surface area contributed by atoms with Crippen molar-refractivity contribution in [3.05, 3.63) is 76.3 Å². The van der Waals surface area contributed by atoms with Crippen molar-refractivity contribution in [3.63, 3.8) is 0 Å². The first-order chi connectivity index (χ1) is 15.2. The van der Waals surface area contributed by atoms with Gasteiger partial charge < -0.3 is 14.4 Å². The molecule has 0 amide bonds. The van der Waals surface area contributed by atoms with Crippen molar-refractivity contribution < 1.29 is 18.7 Å². The molecule has 0 N–H and O–H groups in total. The quantitative estimate of drug-likeness (QED) is 0.655. The van der Waals surface area contributed by atoms with Gasteiger partial charge in [0.15, 0.2) is 17.3 Å². The molecule has 0 radical (unpaired) electrons. The molecular weight excluding hydrogens is 393 g/mol. The Kier molecular flexibility index (Phi) is 4.37. The van der Waals surface area contributed by atoms with Crippen molar-refractivity contribution in [2.24, 2.45) is 0 Å². The minimum atomic E-state index is -0.263. The molecule has 1 unspecified atom stereocenters.